The number of hydrogen-bond acceptors (Lipinski definition) is 4. The van der Waals surface area contributed by atoms with Gasteiger partial charge in [0.2, 0.25) is 5.95 Å². The van der Waals surface area contributed by atoms with Crippen LogP contribution in [-0.4, -0.2) is 25.4 Å². The smallest absolute Gasteiger partial charge is 0.324 e. The summed E-state index contributed by atoms with van der Waals surface area (Å²) < 4.78 is 1.11. The molecule has 4 aromatic rings. The minimum absolute atomic E-state index is 0.276. The number of carbonyl (C=O) groups excluding carboxylic acids is 1. The monoisotopic (exact) mass is 349 g/mol. The maximum absolute atomic E-state index is 12.5. The lowest BCUT2D eigenvalue weighted by atomic mass is 10.1. The third-order valence-corrected chi connectivity index (χ3v) is 4.18. The number of fused-ring (bicyclic) bond motifs is 2. The maximum Gasteiger partial charge on any atom is 0.328 e. The second-order valence-corrected chi connectivity index (χ2v) is 5.80. The molecular formula is C18H15N5O3. The quantitative estimate of drug-likeness (QED) is 0.524. The standard InChI is InChI=1S/C18H15N5O3/c1-2-23-16(25)11-8-7-10(9-14(11)21-18(23)26)15(24)22-17-19-12-5-3-4-6-13(12)20-17/h3-9H,2H2,1H3,(H,21,26)(H2,19,20,22,24). The molecule has 8 nitrogen and oxygen atoms in total. The van der Waals surface area contributed by atoms with Gasteiger partial charge in [-0.1, -0.05) is 12.1 Å². The molecular weight excluding hydrogens is 334 g/mol. The van der Waals surface area contributed by atoms with Gasteiger partial charge in [0.15, 0.2) is 0 Å². The number of rotatable bonds is 3. The van der Waals surface area contributed by atoms with Crippen molar-refractivity contribution in [3.63, 3.8) is 0 Å². The van der Waals surface area contributed by atoms with Gasteiger partial charge in [0.25, 0.3) is 11.5 Å². The van der Waals surface area contributed by atoms with Gasteiger partial charge in [-0.2, -0.15) is 0 Å². The number of benzene rings is 2. The van der Waals surface area contributed by atoms with Gasteiger partial charge in [-0.15, -0.1) is 0 Å². The van der Waals surface area contributed by atoms with Crippen LogP contribution >= 0.6 is 0 Å². The minimum atomic E-state index is -0.500. The molecule has 26 heavy (non-hydrogen) atoms. The molecule has 0 unspecified atom stereocenters. The second kappa shape index (κ2) is 5.99. The van der Waals surface area contributed by atoms with Crippen LogP contribution in [0.25, 0.3) is 21.9 Å². The molecule has 0 aliphatic rings. The number of amides is 1. The molecule has 130 valence electrons. The molecule has 8 heteroatoms. The van der Waals surface area contributed by atoms with Gasteiger partial charge in [-0.25, -0.2) is 9.78 Å². The number of hydrogen-bond donors (Lipinski definition) is 3. The Kier molecular flexibility index (Phi) is 3.65. The van der Waals surface area contributed by atoms with Gasteiger partial charge in [0.05, 0.1) is 21.9 Å². The average Bonchev–Trinajstić information content (AvgIpc) is 3.03. The van der Waals surface area contributed by atoms with Gasteiger partial charge in [0, 0.05) is 12.1 Å². The van der Waals surface area contributed by atoms with E-state index in [2.05, 4.69) is 20.3 Å². The second-order valence-electron chi connectivity index (χ2n) is 5.80. The zero-order chi connectivity index (χ0) is 18.3. The van der Waals surface area contributed by atoms with E-state index in [1.807, 2.05) is 24.3 Å². The normalized spacial score (nSPS) is 11.1. The molecule has 0 spiro atoms. The van der Waals surface area contributed by atoms with E-state index in [-0.39, 0.29) is 12.1 Å². The molecule has 0 saturated heterocycles. The van der Waals surface area contributed by atoms with E-state index >= 15 is 0 Å². The first-order valence-corrected chi connectivity index (χ1v) is 8.10. The van der Waals surface area contributed by atoms with E-state index < -0.39 is 11.6 Å². The largest absolute Gasteiger partial charge is 0.328 e. The highest BCUT2D eigenvalue weighted by atomic mass is 16.2. The third-order valence-electron chi connectivity index (χ3n) is 4.18. The molecule has 2 aromatic carbocycles. The summed E-state index contributed by atoms with van der Waals surface area (Å²) in [5, 5.41) is 3.04. The number of anilines is 1. The van der Waals surface area contributed by atoms with Crippen LogP contribution in [-0.2, 0) is 6.54 Å². The van der Waals surface area contributed by atoms with E-state index in [0.29, 0.717) is 22.4 Å². The molecule has 0 radical (unpaired) electrons. The summed E-state index contributed by atoms with van der Waals surface area (Å²) in [6.45, 7) is 2.00. The molecule has 0 bridgehead atoms. The summed E-state index contributed by atoms with van der Waals surface area (Å²) in [6, 6.07) is 12.0. The number of nitrogens with one attached hydrogen (secondary N) is 3. The first-order valence-electron chi connectivity index (χ1n) is 8.10. The van der Waals surface area contributed by atoms with E-state index in [9.17, 15) is 14.4 Å². The fourth-order valence-corrected chi connectivity index (χ4v) is 2.87. The highest BCUT2D eigenvalue weighted by Crippen LogP contribution is 2.15. The Morgan fingerprint density at radius 3 is 2.69 bits per heavy atom. The highest BCUT2D eigenvalue weighted by molar-refractivity contribution is 6.05. The van der Waals surface area contributed by atoms with Crippen LogP contribution in [0.3, 0.4) is 0 Å². The predicted molar refractivity (Wildman–Crippen MR) is 98.5 cm³/mol. The lowest BCUT2D eigenvalue weighted by Gasteiger charge is -2.06. The van der Waals surface area contributed by atoms with Gasteiger partial charge in [-0.05, 0) is 37.3 Å². The van der Waals surface area contributed by atoms with Gasteiger partial charge < -0.3 is 9.97 Å². The molecule has 2 heterocycles. The number of carbonyl (C=O) groups is 1. The van der Waals surface area contributed by atoms with Crippen LogP contribution < -0.4 is 16.6 Å². The number of nitrogens with zero attached hydrogens (tertiary/aromatic N) is 2. The molecule has 0 fully saturated rings. The zero-order valence-corrected chi connectivity index (χ0v) is 13.9. The highest BCUT2D eigenvalue weighted by Gasteiger charge is 2.12. The average molecular weight is 349 g/mol. The van der Waals surface area contributed by atoms with Crippen LogP contribution in [0, 0.1) is 0 Å². The predicted octanol–water partition coefficient (Wildman–Crippen LogP) is 1.84. The Balaban J connectivity index is 1.70. The van der Waals surface area contributed by atoms with Crippen molar-refractivity contribution in [1.29, 1.82) is 0 Å². The summed E-state index contributed by atoms with van der Waals surface area (Å²) in [5.41, 5.74) is 1.30. The van der Waals surface area contributed by atoms with Crippen molar-refractivity contribution in [3.05, 3.63) is 68.9 Å². The van der Waals surface area contributed by atoms with Crippen LogP contribution in [0.4, 0.5) is 5.95 Å². The van der Waals surface area contributed by atoms with Crippen LogP contribution in [0.1, 0.15) is 17.3 Å². The lowest BCUT2D eigenvalue weighted by molar-refractivity contribution is 0.102. The van der Waals surface area contributed by atoms with Gasteiger partial charge in [0.1, 0.15) is 0 Å². The van der Waals surface area contributed by atoms with Crippen molar-refractivity contribution < 1.29 is 4.79 Å². The molecule has 0 atom stereocenters. The Labute approximate surface area is 146 Å². The number of para-hydroxylation sites is 2. The Hall–Kier alpha value is -3.68. The fourth-order valence-electron chi connectivity index (χ4n) is 2.87. The maximum atomic E-state index is 12.5. The van der Waals surface area contributed by atoms with E-state index in [1.54, 1.807) is 13.0 Å². The number of aromatic amines is 2. The van der Waals surface area contributed by atoms with Gasteiger partial charge in [-0.3, -0.25) is 19.5 Å². The topological polar surface area (TPSA) is 113 Å². The third kappa shape index (κ3) is 2.57. The van der Waals surface area contributed by atoms with Crippen LogP contribution in [0.2, 0.25) is 0 Å². The molecule has 0 saturated carbocycles. The fraction of sp³-hybridized carbons (Fsp3) is 0.111. The van der Waals surface area contributed by atoms with E-state index in [4.69, 9.17) is 0 Å². The lowest BCUT2D eigenvalue weighted by Crippen LogP contribution is -2.34. The summed E-state index contributed by atoms with van der Waals surface area (Å²) in [7, 11) is 0. The summed E-state index contributed by atoms with van der Waals surface area (Å²) in [6.07, 6.45) is 0. The van der Waals surface area contributed by atoms with Crippen molar-refractivity contribution in [2.45, 2.75) is 13.5 Å². The Morgan fingerprint density at radius 1 is 1.12 bits per heavy atom. The molecule has 3 N–H and O–H groups in total. The van der Waals surface area contributed by atoms with E-state index in [0.717, 1.165) is 15.6 Å². The Morgan fingerprint density at radius 2 is 1.92 bits per heavy atom. The molecule has 2 aromatic heterocycles. The van der Waals surface area contributed by atoms with Crippen molar-refractivity contribution >= 4 is 33.8 Å². The molecule has 0 aliphatic heterocycles. The molecule has 1 amide bonds. The van der Waals surface area contributed by atoms with Crippen LogP contribution in [0.15, 0.2) is 52.1 Å². The van der Waals surface area contributed by atoms with E-state index in [1.165, 1.54) is 12.1 Å². The van der Waals surface area contributed by atoms with Crippen molar-refractivity contribution in [3.8, 4) is 0 Å². The SMILES string of the molecule is CCn1c(=O)[nH]c2cc(C(=O)Nc3nc4ccccc4[nH]3)ccc2c1=O. The van der Waals surface area contributed by atoms with Crippen molar-refractivity contribution in [2.24, 2.45) is 0 Å². The van der Waals surface area contributed by atoms with Crippen LogP contribution in [0.5, 0.6) is 0 Å². The first-order chi connectivity index (χ1) is 12.6. The summed E-state index contributed by atoms with van der Waals surface area (Å²) >= 11 is 0. The number of H-pyrrole nitrogens is 2. The number of aromatic nitrogens is 4. The molecule has 0 aliphatic carbocycles. The van der Waals surface area contributed by atoms with Crippen molar-refractivity contribution in [1.82, 2.24) is 19.5 Å². The van der Waals surface area contributed by atoms with Gasteiger partial charge >= 0.3 is 5.69 Å². The first kappa shape index (κ1) is 15.8. The number of imidazole rings is 1. The Bertz CT molecular complexity index is 1230. The summed E-state index contributed by atoms with van der Waals surface area (Å²) in [4.78, 5) is 46.6. The summed E-state index contributed by atoms with van der Waals surface area (Å²) in [5.74, 6) is -0.0716. The zero-order valence-electron chi connectivity index (χ0n) is 13.9. The van der Waals surface area contributed by atoms with Crippen molar-refractivity contribution in [2.75, 3.05) is 5.32 Å². The molecule has 4 rings (SSSR count). The minimum Gasteiger partial charge on any atom is -0.324 e.